The Labute approximate surface area is 99.8 Å². The lowest BCUT2D eigenvalue weighted by Gasteiger charge is -2.15. The van der Waals surface area contributed by atoms with Crippen LogP contribution in [0.15, 0.2) is 4.52 Å². The summed E-state index contributed by atoms with van der Waals surface area (Å²) >= 11 is 1.75. The molecule has 1 rings (SSSR count). The number of hydrogen-bond donors (Lipinski definition) is 2. The van der Waals surface area contributed by atoms with Crippen molar-refractivity contribution >= 4 is 11.8 Å². The van der Waals surface area contributed by atoms with E-state index in [1.807, 2.05) is 0 Å². The van der Waals surface area contributed by atoms with Crippen molar-refractivity contribution in [3.63, 3.8) is 0 Å². The fourth-order valence-electron chi connectivity index (χ4n) is 1.02. The maximum absolute atomic E-state index is 8.74. The van der Waals surface area contributed by atoms with Crippen LogP contribution in [-0.2, 0) is 5.75 Å². The van der Waals surface area contributed by atoms with Crippen LogP contribution < -0.4 is 5.73 Å². The van der Waals surface area contributed by atoms with Gasteiger partial charge in [-0.3, -0.25) is 0 Å². The molecule has 16 heavy (non-hydrogen) atoms. The molecule has 0 radical (unpaired) electrons. The van der Waals surface area contributed by atoms with Crippen molar-refractivity contribution in [3.8, 4) is 0 Å². The molecular weight excluding hydrogens is 226 g/mol. The standard InChI is InChI=1S/C10H19N3O2S/c1-10(2,3)16-6-8-12-9(15-13-8)7(11)4-5-14/h7,14H,4-6,11H2,1-3H3. The molecule has 0 saturated heterocycles. The summed E-state index contributed by atoms with van der Waals surface area (Å²) in [5, 5.41) is 12.6. The summed E-state index contributed by atoms with van der Waals surface area (Å²) in [5.74, 6) is 1.76. The van der Waals surface area contributed by atoms with E-state index >= 15 is 0 Å². The van der Waals surface area contributed by atoms with Crippen LogP contribution in [0, 0.1) is 0 Å². The van der Waals surface area contributed by atoms with E-state index in [1.165, 1.54) is 0 Å². The minimum absolute atomic E-state index is 0.0234. The summed E-state index contributed by atoms with van der Waals surface area (Å²) in [6.07, 6.45) is 0.439. The van der Waals surface area contributed by atoms with Crippen LogP contribution in [0.25, 0.3) is 0 Å². The van der Waals surface area contributed by atoms with Crippen LogP contribution in [0.3, 0.4) is 0 Å². The monoisotopic (exact) mass is 245 g/mol. The fraction of sp³-hybridized carbons (Fsp3) is 0.800. The van der Waals surface area contributed by atoms with Crippen LogP contribution in [0.5, 0.6) is 0 Å². The lowest BCUT2D eigenvalue weighted by molar-refractivity contribution is 0.259. The van der Waals surface area contributed by atoms with E-state index < -0.39 is 0 Å². The van der Waals surface area contributed by atoms with E-state index in [4.69, 9.17) is 15.4 Å². The molecule has 0 bridgehead atoms. The van der Waals surface area contributed by atoms with Gasteiger partial charge in [0.2, 0.25) is 5.89 Å². The summed E-state index contributed by atoms with van der Waals surface area (Å²) < 4.78 is 5.21. The maximum atomic E-state index is 8.74. The minimum Gasteiger partial charge on any atom is -0.396 e. The third-order valence-corrected chi connectivity index (χ3v) is 3.14. The van der Waals surface area contributed by atoms with Crippen LogP contribution in [0.1, 0.15) is 44.9 Å². The summed E-state index contributed by atoms with van der Waals surface area (Å²) in [7, 11) is 0. The molecule has 3 N–H and O–H groups in total. The van der Waals surface area contributed by atoms with Crippen molar-refractivity contribution < 1.29 is 9.63 Å². The number of thioether (sulfide) groups is 1. The number of rotatable bonds is 5. The average molecular weight is 245 g/mol. The van der Waals surface area contributed by atoms with E-state index in [0.717, 1.165) is 0 Å². The second kappa shape index (κ2) is 5.65. The van der Waals surface area contributed by atoms with Crippen LogP contribution in [-0.4, -0.2) is 26.6 Å². The molecular formula is C10H19N3O2S. The number of aliphatic hydroxyl groups excluding tert-OH is 1. The van der Waals surface area contributed by atoms with Crippen LogP contribution >= 0.6 is 11.8 Å². The lowest BCUT2D eigenvalue weighted by atomic mass is 10.2. The Morgan fingerprint density at radius 2 is 2.19 bits per heavy atom. The number of nitrogens with zero attached hydrogens (tertiary/aromatic N) is 2. The second-order valence-corrected chi connectivity index (χ2v) is 6.37. The molecule has 0 fully saturated rings. The van der Waals surface area contributed by atoms with Crippen molar-refractivity contribution in [2.45, 2.75) is 43.7 Å². The van der Waals surface area contributed by atoms with Crippen LogP contribution in [0.4, 0.5) is 0 Å². The fourth-order valence-corrected chi connectivity index (χ4v) is 1.70. The Kier molecular flexibility index (Phi) is 4.76. The topological polar surface area (TPSA) is 85.2 Å². The van der Waals surface area contributed by atoms with Gasteiger partial charge in [0.25, 0.3) is 0 Å². The highest BCUT2D eigenvalue weighted by atomic mass is 32.2. The quantitative estimate of drug-likeness (QED) is 0.817. The zero-order valence-corrected chi connectivity index (χ0v) is 10.8. The Bertz CT molecular complexity index is 322. The molecule has 0 aromatic carbocycles. The van der Waals surface area contributed by atoms with Crippen molar-refractivity contribution in [2.75, 3.05) is 6.61 Å². The third kappa shape index (κ3) is 4.51. The molecule has 0 amide bonds. The highest BCUT2D eigenvalue weighted by Gasteiger charge is 2.16. The SMILES string of the molecule is CC(C)(C)SCc1noc(C(N)CCO)n1. The summed E-state index contributed by atoms with van der Waals surface area (Å²) in [6.45, 7) is 6.43. The molecule has 1 atom stereocenters. The maximum Gasteiger partial charge on any atom is 0.243 e. The van der Waals surface area contributed by atoms with E-state index in [0.29, 0.717) is 23.9 Å². The molecule has 5 nitrogen and oxygen atoms in total. The highest BCUT2D eigenvalue weighted by molar-refractivity contribution is 7.99. The number of aromatic nitrogens is 2. The van der Waals surface area contributed by atoms with Crippen molar-refractivity contribution in [1.82, 2.24) is 10.1 Å². The first-order chi connectivity index (χ1) is 7.42. The van der Waals surface area contributed by atoms with Gasteiger partial charge < -0.3 is 15.4 Å². The van der Waals surface area contributed by atoms with Gasteiger partial charge in [-0.1, -0.05) is 25.9 Å². The molecule has 0 aliphatic rings. The van der Waals surface area contributed by atoms with E-state index in [1.54, 1.807) is 11.8 Å². The molecule has 92 valence electrons. The molecule has 0 spiro atoms. The number of aliphatic hydroxyl groups is 1. The Balaban J connectivity index is 2.51. The van der Waals surface area contributed by atoms with Gasteiger partial charge in [-0.15, -0.1) is 11.8 Å². The number of hydrogen-bond acceptors (Lipinski definition) is 6. The Morgan fingerprint density at radius 3 is 2.75 bits per heavy atom. The minimum atomic E-state index is -0.370. The first kappa shape index (κ1) is 13.5. The lowest BCUT2D eigenvalue weighted by Crippen LogP contribution is -2.12. The average Bonchev–Trinajstić information content (AvgIpc) is 2.62. The van der Waals surface area contributed by atoms with Gasteiger partial charge in [-0.05, 0) is 6.42 Å². The molecule has 1 aromatic heterocycles. The molecule has 1 unspecified atom stereocenters. The highest BCUT2D eigenvalue weighted by Crippen LogP contribution is 2.26. The first-order valence-corrected chi connectivity index (χ1v) is 6.24. The van der Waals surface area contributed by atoms with E-state index in [9.17, 15) is 0 Å². The predicted molar refractivity (Wildman–Crippen MR) is 64.0 cm³/mol. The zero-order chi connectivity index (χ0) is 12.2. The molecule has 1 heterocycles. The molecule has 6 heteroatoms. The number of nitrogens with two attached hydrogens (primary N) is 1. The van der Waals surface area contributed by atoms with E-state index in [2.05, 4.69) is 30.9 Å². The van der Waals surface area contributed by atoms with Gasteiger partial charge in [0.05, 0.1) is 11.8 Å². The third-order valence-electron chi connectivity index (χ3n) is 1.88. The van der Waals surface area contributed by atoms with Crippen molar-refractivity contribution in [1.29, 1.82) is 0 Å². The summed E-state index contributed by atoms with van der Waals surface area (Å²) in [5.41, 5.74) is 5.74. The Morgan fingerprint density at radius 1 is 1.50 bits per heavy atom. The van der Waals surface area contributed by atoms with Gasteiger partial charge in [-0.25, -0.2) is 0 Å². The zero-order valence-electron chi connectivity index (χ0n) is 9.93. The molecule has 1 aromatic rings. The molecule has 0 saturated carbocycles. The largest absolute Gasteiger partial charge is 0.396 e. The normalized spacial score (nSPS) is 14.1. The summed E-state index contributed by atoms with van der Waals surface area (Å²) in [4.78, 5) is 4.20. The first-order valence-electron chi connectivity index (χ1n) is 5.25. The summed E-state index contributed by atoms with van der Waals surface area (Å²) in [6, 6.07) is -0.370. The van der Waals surface area contributed by atoms with Crippen LogP contribution in [0.2, 0.25) is 0 Å². The predicted octanol–water partition coefficient (Wildman–Crippen LogP) is 1.48. The van der Waals surface area contributed by atoms with Crippen molar-refractivity contribution in [3.05, 3.63) is 11.7 Å². The smallest absolute Gasteiger partial charge is 0.243 e. The second-order valence-electron chi connectivity index (χ2n) is 4.57. The van der Waals surface area contributed by atoms with E-state index in [-0.39, 0.29) is 17.4 Å². The van der Waals surface area contributed by atoms with Gasteiger partial charge in [-0.2, -0.15) is 4.98 Å². The molecule has 0 aliphatic carbocycles. The molecule has 0 aliphatic heterocycles. The van der Waals surface area contributed by atoms with Gasteiger partial charge >= 0.3 is 0 Å². The Hall–Kier alpha value is -0.590. The van der Waals surface area contributed by atoms with Crippen molar-refractivity contribution in [2.24, 2.45) is 5.73 Å². The van der Waals surface area contributed by atoms with Gasteiger partial charge in [0.15, 0.2) is 5.82 Å². The van der Waals surface area contributed by atoms with Gasteiger partial charge in [0, 0.05) is 11.4 Å². The van der Waals surface area contributed by atoms with Gasteiger partial charge in [0.1, 0.15) is 0 Å².